The molecular weight excluding hydrogens is 320 g/mol. The molecule has 3 aromatic carbocycles. The normalized spacial score (nSPS) is 15.0. The van der Waals surface area contributed by atoms with E-state index in [-0.39, 0.29) is 0 Å². The van der Waals surface area contributed by atoms with Crippen molar-refractivity contribution in [3.63, 3.8) is 0 Å². The van der Waals surface area contributed by atoms with Gasteiger partial charge in [0.1, 0.15) is 0 Å². The maximum absolute atomic E-state index is 5.10. The van der Waals surface area contributed by atoms with Gasteiger partial charge in [0, 0.05) is 35.2 Å². The van der Waals surface area contributed by atoms with Crippen molar-refractivity contribution in [3.05, 3.63) is 72.8 Å². The highest BCUT2D eigenvalue weighted by molar-refractivity contribution is 5.98. The standard InChI is InChI=1S/C18H13N.C5H11NO/c1-3-9-15-13(6-1)8-5-10-16(15)18-12-14-7-2-4-11-17(14)19-18;1-6-2-4-7-5-3-6/h1-12,19H;2-5H2,1H3. The number of fused-ring (bicyclic) bond motifs is 2. The van der Waals surface area contributed by atoms with Crippen LogP contribution in [0.4, 0.5) is 0 Å². The van der Waals surface area contributed by atoms with Crippen molar-refractivity contribution >= 4 is 21.7 Å². The Hall–Kier alpha value is -2.62. The van der Waals surface area contributed by atoms with Crippen LogP contribution in [0.1, 0.15) is 0 Å². The summed E-state index contributed by atoms with van der Waals surface area (Å²) in [7, 11) is 2.11. The van der Waals surface area contributed by atoms with E-state index >= 15 is 0 Å². The summed E-state index contributed by atoms with van der Waals surface area (Å²) in [5, 5.41) is 3.82. The average Bonchev–Trinajstić information content (AvgIpc) is 3.13. The van der Waals surface area contributed by atoms with E-state index in [4.69, 9.17) is 4.74 Å². The minimum Gasteiger partial charge on any atom is -0.379 e. The summed E-state index contributed by atoms with van der Waals surface area (Å²) in [6.07, 6.45) is 0. The van der Waals surface area contributed by atoms with Gasteiger partial charge >= 0.3 is 0 Å². The smallest absolute Gasteiger partial charge is 0.0594 e. The SMILES string of the molecule is CN1CCOCC1.c1ccc2[nH]c(-c3cccc4ccccc34)cc2c1. The van der Waals surface area contributed by atoms with E-state index in [1.54, 1.807) is 0 Å². The highest BCUT2D eigenvalue weighted by atomic mass is 16.5. The molecule has 1 aliphatic heterocycles. The summed E-state index contributed by atoms with van der Waals surface area (Å²) < 4.78 is 5.10. The fourth-order valence-corrected chi connectivity index (χ4v) is 3.33. The number of nitrogens with zero attached hydrogens (tertiary/aromatic N) is 1. The van der Waals surface area contributed by atoms with E-state index in [1.165, 1.54) is 32.9 Å². The molecule has 0 atom stereocenters. The van der Waals surface area contributed by atoms with Crippen LogP contribution in [-0.4, -0.2) is 43.2 Å². The van der Waals surface area contributed by atoms with Crippen molar-refractivity contribution < 1.29 is 4.74 Å². The van der Waals surface area contributed by atoms with Crippen LogP contribution >= 0.6 is 0 Å². The fraction of sp³-hybridized carbons (Fsp3) is 0.217. The predicted octanol–water partition coefficient (Wildman–Crippen LogP) is 4.94. The molecule has 1 aromatic heterocycles. The van der Waals surface area contributed by atoms with Gasteiger partial charge in [0.05, 0.1) is 13.2 Å². The van der Waals surface area contributed by atoms with Crippen LogP contribution < -0.4 is 0 Å². The Labute approximate surface area is 154 Å². The van der Waals surface area contributed by atoms with Crippen molar-refractivity contribution in [2.75, 3.05) is 33.4 Å². The number of hydrogen-bond donors (Lipinski definition) is 1. The molecule has 1 fully saturated rings. The lowest BCUT2D eigenvalue weighted by Crippen LogP contribution is -2.32. The molecule has 132 valence electrons. The summed E-state index contributed by atoms with van der Waals surface area (Å²) in [5.41, 5.74) is 3.62. The van der Waals surface area contributed by atoms with Gasteiger partial charge in [-0.15, -0.1) is 0 Å². The monoisotopic (exact) mass is 344 g/mol. The Bertz CT molecular complexity index is 961. The fourth-order valence-electron chi connectivity index (χ4n) is 3.33. The number of hydrogen-bond acceptors (Lipinski definition) is 2. The van der Waals surface area contributed by atoms with Crippen molar-refractivity contribution in [1.29, 1.82) is 0 Å². The molecule has 1 saturated heterocycles. The largest absolute Gasteiger partial charge is 0.379 e. The van der Waals surface area contributed by atoms with Crippen LogP contribution in [0.3, 0.4) is 0 Å². The Morgan fingerprint density at radius 1 is 0.808 bits per heavy atom. The summed E-state index contributed by atoms with van der Waals surface area (Å²) in [4.78, 5) is 5.77. The van der Waals surface area contributed by atoms with Crippen molar-refractivity contribution in [2.45, 2.75) is 0 Å². The highest BCUT2D eigenvalue weighted by Gasteiger charge is 2.06. The number of H-pyrrole nitrogens is 1. The van der Waals surface area contributed by atoms with Crippen molar-refractivity contribution in [1.82, 2.24) is 9.88 Å². The number of nitrogens with one attached hydrogen (secondary N) is 1. The molecule has 26 heavy (non-hydrogen) atoms. The number of morpholine rings is 1. The first-order valence-corrected chi connectivity index (χ1v) is 9.13. The molecular formula is C23H24N2O. The zero-order valence-electron chi connectivity index (χ0n) is 15.1. The topological polar surface area (TPSA) is 28.3 Å². The lowest BCUT2D eigenvalue weighted by molar-refractivity contribution is 0.0503. The predicted molar refractivity (Wildman–Crippen MR) is 110 cm³/mol. The van der Waals surface area contributed by atoms with Crippen LogP contribution in [0.5, 0.6) is 0 Å². The Balaban J connectivity index is 0.000000204. The summed E-state index contributed by atoms with van der Waals surface area (Å²) in [6.45, 7) is 4.02. The molecule has 0 saturated carbocycles. The zero-order valence-corrected chi connectivity index (χ0v) is 15.1. The van der Waals surface area contributed by atoms with Gasteiger partial charge in [-0.2, -0.15) is 0 Å². The molecule has 0 amide bonds. The van der Waals surface area contributed by atoms with Crippen molar-refractivity contribution in [3.8, 4) is 11.3 Å². The number of para-hydroxylation sites is 1. The number of aromatic nitrogens is 1. The van der Waals surface area contributed by atoms with E-state index in [1.807, 2.05) is 0 Å². The first-order chi connectivity index (χ1) is 12.8. The van der Waals surface area contributed by atoms with E-state index in [0.717, 1.165) is 26.3 Å². The van der Waals surface area contributed by atoms with Gasteiger partial charge in [-0.1, -0.05) is 60.7 Å². The highest BCUT2D eigenvalue weighted by Crippen LogP contribution is 2.30. The third-order valence-corrected chi connectivity index (χ3v) is 4.84. The van der Waals surface area contributed by atoms with Gasteiger partial charge in [-0.3, -0.25) is 0 Å². The minimum absolute atomic E-state index is 0.913. The molecule has 3 heteroatoms. The Morgan fingerprint density at radius 3 is 2.23 bits per heavy atom. The third-order valence-electron chi connectivity index (χ3n) is 4.84. The third kappa shape index (κ3) is 3.64. The second-order valence-corrected chi connectivity index (χ2v) is 6.71. The average molecular weight is 344 g/mol. The molecule has 5 rings (SSSR count). The first-order valence-electron chi connectivity index (χ1n) is 9.13. The molecule has 0 radical (unpaired) electrons. The van der Waals surface area contributed by atoms with E-state index in [0.29, 0.717) is 0 Å². The summed E-state index contributed by atoms with van der Waals surface area (Å²) in [6, 6.07) is 25.6. The van der Waals surface area contributed by atoms with Gasteiger partial charge in [-0.05, 0) is 30.0 Å². The van der Waals surface area contributed by atoms with Crippen LogP contribution in [0.25, 0.3) is 32.9 Å². The maximum Gasteiger partial charge on any atom is 0.0594 e. The molecule has 1 N–H and O–H groups in total. The molecule has 0 spiro atoms. The van der Waals surface area contributed by atoms with E-state index in [9.17, 15) is 0 Å². The zero-order chi connectivity index (χ0) is 17.8. The molecule has 0 aliphatic carbocycles. The second-order valence-electron chi connectivity index (χ2n) is 6.71. The number of benzene rings is 3. The van der Waals surface area contributed by atoms with Gasteiger partial charge in [0.25, 0.3) is 0 Å². The Morgan fingerprint density at radius 2 is 1.50 bits per heavy atom. The number of likely N-dealkylation sites (N-methyl/N-ethyl adjacent to an activating group) is 1. The van der Waals surface area contributed by atoms with Crippen LogP contribution in [0.15, 0.2) is 72.8 Å². The Kier molecular flexibility index (Phi) is 5.00. The first kappa shape index (κ1) is 16.8. The summed E-state index contributed by atoms with van der Waals surface area (Å²) in [5.74, 6) is 0. The minimum atomic E-state index is 0.913. The lowest BCUT2D eigenvalue weighted by Gasteiger charge is -2.21. The van der Waals surface area contributed by atoms with Gasteiger partial charge < -0.3 is 14.6 Å². The van der Waals surface area contributed by atoms with Crippen LogP contribution in [0, 0.1) is 0 Å². The lowest BCUT2D eigenvalue weighted by atomic mass is 10.0. The van der Waals surface area contributed by atoms with Gasteiger partial charge in [0.2, 0.25) is 0 Å². The number of aromatic amines is 1. The van der Waals surface area contributed by atoms with E-state index in [2.05, 4.69) is 89.7 Å². The molecule has 3 nitrogen and oxygen atoms in total. The van der Waals surface area contributed by atoms with Crippen LogP contribution in [0.2, 0.25) is 0 Å². The molecule has 4 aromatic rings. The maximum atomic E-state index is 5.10. The van der Waals surface area contributed by atoms with Crippen LogP contribution in [-0.2, 0) is 4.74 Å². The molecule has 1 aliphatic rings. The molecule has 2 heterocycles. The number of rotatable bonds is 1. The second kappa shape index (κ2) is 7.73. The molecule has 0 bridgehead atoms. The van der Waals surface area contributed by atoms with Gasteiger partial charge in [0.15, 0.2) is 0 Å². The quantitative estimate of drug-likeness (QED) is 0.530. The van der Waals surface area contributed by atoms with E-state index < -0.39 is 0 Å². The number of ether oxygens (including phenoxy) is 1. The molecule has 0 unspecified atom stereocenters. The summed E-state index contributed by atoms with van der Waals surface area (Å²) >= 11 is 0. The van der Waals surface area contributed by atoms with Crippen molar-refractivity contribution in [2.24, 2.45) is 0 Å². The van der Waals surface area contributed by atoms with Gasteiger partial charge in [-0.25, -0.2) is 0 Å².